The average molecular weight is 217 g/mol. The maximum atomic E-state index is 10.5. The third kappa shape index (κ3) is 1.93. The maximum absolute atomic E-state index is 10.5. The molecule has 0 N–H and O–H groups in total. The predicted molar refractivity (Wildman–Crippen MR) is 53.4 cm³/mol. The highest BCUT2D eigenvalue weighted by Crippen LogP contribution is 2.16. The van der Waals surface area contributed by atoms with Gasteiger partial charge in [0.05, 0.1) is 5.97 Å². The zero-order chi connectivity index (χ0) is 11.5. The van der Waals surface area contributed by atoms with Gasteiger partial charge in [-0.05, 0) is 5.56 Å². The molecule has 5 heteroatoms. The Morgan fingerprint density at radius 2 is 2.06 bits per heavy atom. The zero-order valence-corrected chi connectivity index (χ0v) is 8.64. The minimum atomic E-state index is -1.20. The summed E-state index contributed by atoms with van der Waals surface area (Å²) < 4.78 is 4.96. The summed E-state index contributed by atoms with van der Waals surface area (Å²) in [6.45, 7) is 1.91. The molecule has 1 aromatic carbocycles. The topological polar surface area (TPSA) is 79.0 Å². The minimum absolute atomic E-state index is 0.128. The smallest absolute Gasteiger partial charge is 0.226 e. The number of hydrogen-bond acceptors (Lipinski definition) is 5. The average Bonchev–Trinajstić information content (AvgIpc) is 2.77. The summed E-state index contributed by atoms with van der Waals surface area (Å²) in [6, 6.07) is 6.14. The number of carboxylic acid groups (broad SMARTS) is 1. The third-order valence-corrected chi connectivity index (χ3v) is 2.15. The monoisotopic (exact) mass is 217 g/mol. The quantitative estimate of drug-likeness (QED) is 0.754. The van der Waals surface area contributed by atoms with Gasteiger partial charge in [0, 0.05) is 12.0 Å². The molecule has 0 fully saturated rings. The van der Waals surface area contributed by atoms with Gasteiger partial charge in [0.2, 0.25) is 11.7 Å². The van der Waals surface area contributed by atoms with Crippen LogP contribution in [0.4, 0.5) is 0 Å². The fraction of sp³-hybridized carbons (Fsp3) is 0.182. The van der Waals surface area contributed by atoms with Crippen molar-refractivity contribution in [3.8, 4) is 11.4 Å². The van der Waals surface area contributed by atoms with Gasteiger partial charge in [-0.3, -0.25) is 0 Å². The summed E-state index contributed by atoms with van der Waals surface area (Å²) in [5.41, 5.74) is 0.844. The molecule has 5 nitrogen and oxygen atoms in total. The lowest BCUT2D eigenvalue weighted by Gasteiger charge is -2.01. The Bertz CT molecular complexity index is 502. The van der Waals surface area contributed by atoms with Crippen molar-refractivity contribution in [3.05, 3.63) is 35.7 Å². The van der Waals surface area contributed by atoms with E-state index in [1.807, 2.05) is 6.92 Å². The Morgan fingerprint density at radius 3 is 2.56 bits per heavy atom. The van der Waals surface area contributed by atoms with E-state index >= 15 is 0 Å². The molecular formula is C11H9N2O3-. The molecule has 0 amide bonds. The summed E-state index contributed by atoms with van der Waals surface area (Å²) in [5.74, 6) is -0.186. The molecular weight excluding hydrogens is 208 g/mol. The fourth-order valence-electron chi connectivity index (χ4n) is 1.27. The van der Waals surface area contributed by atoms with Gasteiger partial charge in [0.15, 0.2) is 0 Å². The SMILES string of the molecule is CCc1nc(-c2ccc(C(=O)[O-])cc2)no1. The molecule has 0 radical (unpaired) electrons. The number of aromatic carboxylic acids is 1. The molecule has 0 saturated carbocycles. The summed E-state index contributed by atoms with van der Waals surface area (Å²) >= 11 is 0. The molecule has 0 aliphatic heterocycles. The van der Waals surface area contributed by atoms with Gasteiger partial charge in [-0.1, -0.05) is 36.3 Å². The number of hydrogen-bond donors (Lipinski definition) is 0. The van der Waals surface area contributed by atoms with Crippen molar-refractivity contribution >= 4 is 5.97 Å². The predicted octanol–water partition coefficient (Wildman–Crippen LogP) is 0.662. The molecule has 0 unspecified atom stereocenters. The molecule has 82 valence electrons. The van der Waals surface area contributed by atoms with E-state index in [-0.39, 0.29) is 5.56 Å². The molecule has 1 heterocycles. The second-order valence-corrected chi connectivity index (χ2v) is 3.23. The Labute approximate surface area is 91.7 Å². The molecule has 2 rings (SSSR count). The zero-order valence-electron chi connectivity index (χ0n) is 8.64. The van der Waals surface area contributed by atoms with Crippen molar-refractivity contribution in [2.45, 2.75) is 13.3 Å². The van der Waals surface area contributed by atoms with Crippen molar-refractivity contribution in [3.63, 3.8) is 0 Å². The van der Waals surface area contributed by atoms with Crippen molar-refractivity contribution in [1.82, 2.24) is 10.1 Å². The second-order valence-electron chi connectivity index (χ2n) is 3.23. The highest BCUT2D eigenvalue weighted by Gasteiger charge is 2.06. The number of aromatic nitrogens is 2. The molecule has 0 aliphatic carbocycles. The number of rotatable bonds is 3. The molecule has 2 aromatic rings. The lowest BCUT2D eigenvalue weighted by molar-refractivity contribution is -0.255. The van der Waals surface area contributed by atoms with Crippen LogP contribution in [-0.4, -0.2) is 16.1 Å². The number of carbonyl (C=O) groups is 1. The third-order valence-electron chi connectivity index (χ3n) is 2.15. The Balaban J connectivity index is 2.30. The van der Waals surface area contributed by atoms with E-state index in [9.17, 15) is 9.90 Å². The van der Waals surface area contributed by atoms with Crippen LogP contribution in [0.25, 0.3) is 11.4 Å². The highest BCUT2D eigenvalue weighted by molar-refractivity contribution is 5.86. The maximum Gasteiger partial charge on any atom is 0.226 e. The van der Waals surface area contributed by atoms with Crippen molar-refractivity contribution in [2.75, 3.05) is 0 Å². The lowest BCUT2D eigenvalue weighted by atomic mass is 10.1. The van der Waals surface area contributed by atoms with Crippen LogP contribution < -0.4 is 5.11 Å². The first-order valence-corrected chi connectivity index (χ1v) is 4.85. The van der Waals surface area contributed by atoms with Gasteiger partial charge in [0.25, 0.3) is 0 Å². The van der Waals surface area contributed by atoms with Crippen LogP contribution in [0.1, 0.15) is 23.2 Å². The summed E-state index contributed by atoms with van der Waals surface area (Å²) in [6.07, 6.45) is 0.671. The van der Waals surface area contributed by atoms with Crippen LogP contribution in [0.3, 0.4) is 0 Å². The van der Waals surface area contributed by atoms with Crippen LogP contribution in [0.2, 0.25) is 0 Å². The van der Waals surface area contributed by atoms with Gasteiger partial charge in [-0.25, -0.2) is 0 Å². The first-order valence-electron chi connectivity index (χ1n) is 4.85. The lowest BCUT2D eigenvalue weighted by Crippen LogP contribution is -2.21. The number of nitrogens with zero attached hydrogens (tertiary/aromatic N) is 2. The summed E-state index contributed by atoms with van der Waals surface area (Å²) in [4.78, 5) is 14.7. The second kappa shape index (κ2) is 4.14. The highest BCUT2D eigenvalue weighted by atomic mass is 16.5. The largest absolute Gasteiger partial charge is 0.545 e. The van der Waals surface area contributed by atoms with Crippen LogP contribution in [0.15, 0.2) is 28.8 Å². The van der Waals surface area contributed by atoms with Crippen LogP contribution >= 0.6 is 0 Å². The standard InChI is InChI=1S/C11H10N2O3/c1-2-9-12-10(13-16-9)7-3-5-8(6-4-7)11(14)15/h3-6H,2H2,1H3,(H,14,15)/p-1. The Morgan fingerprint density at radius 1 is 1.38 bits per heavy atom. The van der Waals surface area contributed by atoms with Crippen molar-refractivity contribution < 1.29 is 14.4 Å². The number of carboxylic acids is 1. The first-order chi connectivity index (χ1) is 7.70. The van der Waals surface area contributed by atoms with E-state index in [0.717, 1.165) is 0 Å². The molecule has 0 spiro atoms. The van der Waals surface area contributed by atoms with E-state index in [2.05, 4.69) is 10.1 Å². The van der Waals surface area contributed by atoms with Gasteiger partial charge >= 0.3 is 0 Å². The van der Waals surface area contributed by atoms with Gasteiger partial charge in [0.1, 0.15) is 0 Å². The van der Waals surface area contributed by atoms with Gasteiger partial charge < -0.3 is 14.4 Å². The number of benzene rings is 1. The van der Waals surface area contributed by atoms with Gasteiger partial charge in [-0.2, -0.15) is 4.98 Å². The molecule has 0 saturated heterocycles. The molecule has 16 heavy (non-hydrogen) atoms. The Hall–Kier alpha value is -2.17. The van der Waals surface area contributed by atoms with Gasteiger partial charge in [-0.15, -0.1) is 0 Å². The fourth-order valence-corrected chi connectivity index (χ4v) is 1.27. The van der Waals surface area contributed by atoms with E-state index in [0.29, 0.717) is 23.7 Å². The number of aryl methyl sites for hydroxylation is 1. The van der Waals surface area contributed by atoms with Crippen molar-refractivity contribution in [1.29, 1.82) is 0 Å². The normalized spacial score (nSPS) is 10.3. The van der Waals surface area contributed by atoms with E-state index in [1.54, 1.807) is 12.1 Å². The summed E-state index contributed by atoms with van der Waals surface area (Å²) in [5, 5.41) is 14.3. The molecule has 1 aromatic heterocycles. The molecule has 0 aliphatic rings. The molecule has 0 atom stereocenters. The molecule has 0 bridgehead atoms. The van der Waals surface area contributed by atoms with Crippen LogP contribution in [0, 0.1) is 0 Å². The van der Waals surface area contributed by atoms with Crippen LogP contribution in [0.5, 0.6) is 0 Å². The summed E-state index contributed by atoms with van der Waals surface area (Å²) in [7, 11) is 0. The van der Waals surface area contributed by atoms with E-state index in [1.165, 1.54) is 12.1 Å². The Kier molecular flexibility index (Phi) is 2.68. The van der Waals surface area contributed by atoms with E-state index in [4.69, 9.17) is 4.52 Å². The van der Waals surface area contributed by atoms with E-state index < -0.39 is 5.97 Å². The van der Waals surface area contributed by atoms with Crippen LogP contribution in [-0.2, 0) is 6.42 Å². The minimum Gasteiger partial charge on any atom is -0.545 e. The first kappa shape index (κ1) is 10.4. The van der Waals surface area contributed by atoms with Crippen molar-refractivity contribution in [2.24, 2.45) is 0 Å². The number of carbonyl (C=O) groups excluding carboxylic acids is 1.